The third-order valence-electron chi connectivity index (χ3n) is 1.99. The molecule has 0 aromatic heterocycles. The van der Waals surface area contributed by atoms with Gasteiger partial charge in [-0.1, -0.05) is 0 Å². The first-order valence-electron chi connectivity index (χ1n) is 3.62. The molecule has 1 rings (SSSR count). The summed E-state index contributed by atoms with van der Waals surface area (Å²) in [4.78, 5) is 14.5. The van der Waals surface area contributed by atoms with Crippen molar-refractivity contribution in [2.45, 2.75) is 31.8 Å². The monoisotopic (exact) mass is 159 g/mol. The van der Waals surface area contributed by atoms with Crippen molar-refractivity contribution in [3.63, 3.8) is 0 Å². The highest BCUT2D eigenvalue weighted by Gasteiger charge is 2.26. The SMILES string of the molecule is O=C(O)[C]1CCC(OO)CC1. The topological polar surface area (TPSA) is 66.8 Å². The van der Waals surface area contributed by atoms with Gasteiger partial charge >= 0.3 is 5.97 Å². The quantitative estimate of drug-likeness (QED) is 0.467. The number of carboxylic acid groups (broad SMARTS) is 1. The fourth-order valence-corrected chi connectivity index (χ4v) is 1.26. The predicted molar refractivity (Wildman–Crippen MR) is 36.8 cm³/mol. The second-order valence-electron chi connectivity index (χ2n) is 2.71. The van der Waals surface area contributed by atoms with Crippen molar-refractivity contribution in [3.8, 4) is 0 Å². The van der Waals surface area contributed by atoms with E-state index in [0.717, 1.165) is 0 Å². The number of rotatable bonds is 2. The number of carbonyl (C=O) groups is 1. The summed E-state index contributed by atoms with van der Waals surface area (Å²) in [6.45, 7) is 0. The van der Waals surface area contributed by atoms with Crippen molar-refractivity contribution < 1.29 is 20.0 Å². The molecule has 0 aromatic carbocycles. The van der Waals surface area contributed by atoms with Crippen molar-refractivity contribution in [1.82, 2.24) is 0 Å². The molecule has 1 radical (unpaired) electrons. The standard InChI is InChI=1S/C7H11O4/c8-7(9)5-1-3-6(11-10)4-2-5/h6,10H,1-4H2,(H,8,9). The Bertz CT molecular complexity index is 137. The van der Waals surface area contributed by atoms with Gasteiger partial charge in [-0.15, -0.1) is 0 Å². The molecule has 11 heavy (non-hydrogen) atoms. The minimum Gasteiger partial charge on any atom is -0.481 e. The lowest BCUT2D eigenvalue weighted by molar-refractivity contribution is -0.283. The van der Waals surface area contributed by atoms with Gasteiger partial charge in [-0.2, -0.15) is 0 Å². The van der Waals surface area contributed by atoms with Gasteiger partial charge in [0.25, 0.3) is 0 Å². The van der Waals surface area contributed by atoms with Gasteiger partial charge in [-0.05, 0) is 25.7 Å². The van der Waals surface area contributed by atoms with Crippen LogP contribution in [0.3, 0.4) is 0 Å². The number of carboxylic acids is 1. The fourth-order valence-electron chi connectivity index (χ4n) is 1.26. The third-order valence-corrected chi connectivity index (χ3v) is 1.99. The van der Waals surface area contributed by atoms with Gasteiger partial charge in [-0.3, -0.25) is 10.1 Å². The predicted octanol–water partition coefficient (Wildman–Crippen LogP) is 1.08. The molecule has 0 unspecified atom stereocenters. The molecular formula is C7H11O4. The average molecular weight is 159 g/mol. The van der Waals surface area contributed by atoms with Crippen LogP contribution in [0.1, 0.15) is 25.7 Å². The van der Waals surface area contributed by atoms with Gasteiger partial charge in [-0.25, -0.2) is 4.89 Å². The van der Waals surface area contributed by atoms with Crippen LogP contribution in [0.15, 0.2) is 0 Å². The molecule has 0 saturated heterocycles. The van der Waals surface area contributed by atoms with Crippen LogP contribution in [0.2, 0.25) is 0 Å². The van der Waals surface area contributed by atoms with Crippen LogP contribution in [-0.4, -0.2) is 22.4 Å². The summed E-state index contributed by atoms with van der Waals surface area (Å²) >= 11 is 0. The Morgan fingerprint density at radius 1 is 1.45 bits per heavy atom. The minimum atomic E-state index is -0.818. The van der Waals surface area contributed by atoms with Crippen LogP contribution in [0, 0.1) is 5.92 Å². The van der Waals surface area contributed by atoms with Crippen molar-refractivity contribution in [2.24, 2.45) is 0 Å². The Hall–Kier alpha value is -0.610. The van der Waals surface area contributed by atoms with Crippen LogP contribution in [-0.2, 0) is 9.68 Å². The third kappa shape index (κ3) is 2.17. The van der Waals surface area contributed by atoms with Crippen LogP contribution >= 0.6 is 0 Å². The molecule has 1 fully saturated rings. The summed E-state index contributed by atoms with van der Waals surface area (Å²) in [6, 6.07) is 0. The van der Waals surface area contributed by atoms with Crippen LogP contribution < -0.4 is 0 Å². The van der Waals surface area contributed by atoms with Crippen molar-refractivity contribution >= 4 is 5.97 Å². The van der Waals surface area contributed by atoms with E-state index < -0.39 is 5.97 Å². The molecule has 4 heteroatoms. The van der Waals surface area contributed by atoms with E-state index in [1.54, 1.807) is 0 Å². The molecule has 0 amide bonds. The summed E-state index contributed by atoms with van der Waals surface area (Å²) in [5.74, 6) is -0.278. The van der Waals surface area contributed by atoms with E-state index in [1.807, 2.05) is 0 Å². The fraction of sp³-hybridized carbons (Fsp3) is 0.714. The van der Waals surface area contributed by atoms with E-state index in [4.69, 9.17) is 10.4 Å². The van der Waals surface area contributed by atoms with Gasteiger partial charge in [0, 0.05) is 0 Å². The summed E-state index contributed by atoms with van der Waals surface area (Å²) < 4.78 is 0. The maximum atomic E-state index is 10.4. The van der Waals surface area contributed by atoms with E-state index in [-0.39, 0.29) is 6.10 Å². The zero-order valence-electron chi connectivity index (χ0n) is 6.12. The van der Waals surface area contributed by atoms with Crippen molar-refractivity contribution in [3.05, 3.63) is 5.92 Å². The van der Waals surface area contributed by atoms with E-state index in [9.17, 15) is 4.79 Å². The largest absolute Gasteiger partial charge is 0.481 e. The molecular weight excluding hydrogens is 148 g/mol. The van der Waals surface area contributed by atoms with Gasteiger partial charge in [0.05, 0.1) is 12.0 Å². The number of hydrogen-bond donors (Lipinski definition) is 2. The molecule has 1 aliphatic rings. The molecule has 0 atom stereocenters. The summed E-state index contributed by atoms with van der Waals surface area (Å²) in [6.07, 6.45) is 2.11. The maximum Gasteiger partial charge on any atom is 0.310 e. The smallest absolute Gasteiger partial charge is 0.310 e. The highest BCUT2D eigenvalue weighted by Crippen LogP contribution is 2.27. The Morgan fingerprint density at radius 3 is 2.36 bits per heavy atom. The Balaban J connectivity index is 2.30. The molecule has 0 heterocycles. The molecule has 1 saturated carbocycles. The first kappa shape index (κ1) is 8.49. The molecule has 1 aliphatic carbocycles. The van der Waals surface area contributed by atoms with Crippen molar-refractivity contribution in [2.75, 3.05) is 0 Å². The molecule has 0 aliphatic heterocycles. The highest BCUT2D eigenvalue weighted by atomic mass is 17.1. The molecule has 0 aromatic rings. The molecule has 0 bridgehead atoms. The number of aliphatic carboxylic acids is 1. The Kier molecular flexibility index (Phi) is 2.84. The summed E-state index contributed by atoms with van der Waals surface area (Å²) in [5.41, 5.74) is 0. The lowest BCUT2D eigenvalue weighted by atomic mass is 9.88. The minimum absolute atomic E-state index is 0.168. The molecule has 0 spiro atoms. The van der Waals surface area contributed by atoms with Crippen molar-refractivity contribution in [1.29, 1.82) is 0 Å². The normalized spacial score (nSPS) is 21.9. The summed E-state index contributed by atoms with van der Waals surface area (Å²) in [7, 11) is 0. The Labute approximate surface area is 64.7 Å². The molecule has 2 N–H and O–H groups in total. The van der Waals surface area contributed by atoms with Gasteiger partial charge in [0.1, 0.15) is 0 Å². The lowest BCUT2D eigenvalue weighted by Gasteiger charge is -2.22. The van der Waals surface area contributed by atoms with E-state index >= 15 is 0 Å². The Morgan fingerprint density at radius 2 is 2.00 bits per heavy atom. The first-order valence-corrected chi connectivity index (χ1v) is 3.62. The van der Waals surface area contributed by atoms with Crippen LogP contribution in [0.25, 0.3) is 0 Å². The van der Waals surface area contributed by atoms with E-state index in [0.29, 0.717) is 31.6 Å². The van der Waals surface area contributed by atoms with Crippen LogP contribution in [0.5, 0.6) is 0 Å². The lowest BCUT2D eigenvalue weighted by Crippen LogP contribution is -2.23. The molecule has 4 nitrogen and oxygen atoms in total. The van der Waals surface area contributed by atoms with E-state index in [1.165, 1.54) is 0 Å². The zero-order valence-corrected chi connectivity index (χ0v) is 6.12. The second-order valence-corrected chi connectivity index (χ2v) is 2.71. The average Bonchev–Trinajstić information content (AvgIpc) is 2.05. The summed E-state index contributed by atoms with van der Waals surface area (Å²) in [5, 5.41) is 16.8. The zero-order chi connectivity index (χ0) is 8.27. The van der Waals surface area contributed by atoms with Gasteiger partial charge in [0.2, 0.25) is 0 Å². The first-order chi connectivity index (χ1) is 5.24. The second kappa shape index (κ2) is 3.69. The highest BCUT2D eigenvalue weighted by molar-refractivity contribution is 5.82. The number of hydrogen-bond acceptors (Lipinski definition) is 3. The van der Waals surface area contributed by atoms with Gasteiger partial charge in [0.15, 0.2) is 0 Å². The van der Waals surface area contributed by atoms with Crippen LogP contribution in [0.4, 0.5) is 0 Å². The van der Waals surface area contributed by atoms with Gasteiger partial charge < -0.3 is 5.11 Å². The molecule has 63 valence electrons. The van der Waals surface area contributed by atoms with E-state index in [2.05, 4.69) is 4.89 Å². The maximum absolute atomic E-state index is 10.4.